The van der Waals surface area contributed by atoms with E-state index in [0.29, 0.717) is 5.46 Å². The van der Waals surface area contributed by atoms with Crippen molar-refractivity contribution >= 4 is 38.2 Å². The summed E-state index contributed by atoms with van der Waals surface area (Å²) in [4.78, 5) is 0. The van der Waals surface area contributed by atoms with E-state index < -0.39 is 7.12 Å². The Bertz CT molecular complexity index is 224. The second-order valence-electron chi connectivity index (χ2n) is 2.86. The first-order chi connectivity index (χ1) is 5.61. The zero-order valence-corrected chi connectivity index (χ0v) is 9.35. The van der Waals surface area contributed by atoms with Gasteiger partial charge in [-0.05, 0) is 24.1 Å². The first-order valence-corrected chi connectivity index (χ1v) is 5.98. The van der Waals surface area contributed by atoms with Crippen LogP contribution in [0.25, 0.3) is 0 Å². The van der Waals surface area contributed by atoms with E-state index >= 15 is 0 Å². The van der Waals surface area contributed by atoms with Crippen LogP contribution in [0.2, 0.25) is 0 Å². The third kappa shape index (κ3) is 3.66. The molecule has 0 radical (unpaired) electrons. The van der Waals surface area contributed by atoms with Crippen molar-refractivity contribution in [3.63, 3.8) is 0 Å². The van der Waals surface area contributed by atoms with E-state index in [-0.39, 0.29) is 20.3 Å². The third-order valence-corrected chi connectivity index (χ3v) is 3.04. The van der Waals surface area contributed by atoms with Gasteiger partial charge >= 0.3 is 7.12 Å². The Balaban J connectivity index is 0.00000144. The minimum Gasteiger partial charge on any atom is -0.423 e. The van der Waals surface area contributed by atoms with Crippen LogP contribution in [0.5, 0.6) is 0 Å². The summed E-state index contributed by atoms with van der Waals surface area (Å²) in [6.45, 7) is 4.33. The van der Waals surface area contributed by atoms with Crippen molar-refractivity contribution < 1.29 is 10.0 Å². The van der Waals surface area contributed by atoms with E-state index in [2.05, 4.69) is 13.3 Å². The summed E-state index contributed by atoms with van der Waals surface area (Å²) in [6.07, 6.45) is 0. The van der Waals surface area contributed by atoms with Crippen LogP contribution in [-0.2, 0) is 0 Å². The lowest BCUT2D eigenvalue weighted by Crippen LogP contribution is -2.30. The van der Waals surface area contributed by atoms with Gasteiger partial charge in [-0.2, -0.15) is 0 Å². The van der Waals surface area contributed by atoms with Gasteiger partial charge in [0, 0.05) is 0 Å². The van der Waals surface area contributed by atoms with E-state index in [1.807, 2.05) is 12.1 Å². The molecule has 2 N–H and O–H groups in total. The number of hydrogen-bond acceptors (Lipinski definition) is 2. The molecule has 0 aliphatic rings. The fraction of sp³-hybridized carbons (Fsp3) is 0.250. The van der Waals surface area contributed by atoms with Gasteiger partial charge in [0.05, 0.1) is 0 Å². The standard InChI is InChI=1S/C8H12BO2P.ClH/c1-12(2)8-5-3-7(4-6-8)9(10)11;/h3-6,10-11H,1-2H3;1H. The molecule has 0 heterocycles. The largest absolute Gasteiger partial charge is 0.488 e. The predicted molar refractivity (Wildman–Crippen MR) is 61.9 cm³/mol. The van der Waals surface area contributed by atoms with Crippen LogP contribution in [0.3, 0.4) is 0 Å². The van der Waals surface area contributed by atoms with E-state index in [9.17, 15) is 0 Å². The lowest BCUT2D eigenvalue weighted by Gasteiger charge is -2.06. The van der Waals surface area contributed by atoms with Gasteiger partial charge in [-0.25, -0.2) is 0 Å². The maximum atomic E-state index is 8.81. The van der Waals surface area contributed by atoms with Gasteiger partial charge in [0.1, 0.15) is 0 Å². The lowest BCUT2D eigenvalue weighted by atomic mass is 9.81. The second kappa shape index (κ2) is 5.61. The van der Waals surface area contributed by atoms with Crippen LogP contribution in [0.1, 0.15) is 0 Å². The molecule has 0 aliphatic carbocycles. The quantitative estimate of drug-likeness (QED) is 0.548. The van der Waals surface area contributed by atoms with Crippen molar-refractivity contribution in [3.8, 4) is 0 Å². The third-order valence-electron chi connectivity index (χ3n) is 1.71. The molecule has 1 aromatic carbocycles. The fourth-order valence-corrected chi connectivity index (χ4v) is 1.69. The Morgan fingerprint density at radius 1 is 1.08 bits per heavy atom. The molecule has 0 saturated carbocycles. The van der Waals surface area contributed by atoms with Crippen LogP contribution in [0, 0.1) is 0 Å². The molecule has 2 nitrogen and oxygen atoms in total. The molecule has 0 bridgehead atoms. The van der Waals surface area contributed by atoms with Crippen molar-refractivity contribution in [3.05, 3.63) is 24.3 Å². The highest BCUT2D eigenvalue weighted by atomic mass is 35.5. The molecule has 0 spiro atoms. The molecule has 5 heteroatoms. The summed E-state index contributed by atoms with van der Waals surface area (Å²) >= 11 is 0. The van der Waals surface area contributed by atoms with Crippen LogP contribution in [-0.4, -0.2) is 30.5 Å². The number of rotatable bonds is 2. The molecule has 0 aromatic heterocycles. The maximum absolute atomic E-state index is 8.81. The van der Waals surface area contributed by atoms with Crippen LogP contribution < -0.4 is 10.8 Å². The summed E-state index contributed by atoms with van der Waals surface area (Å²) < 4.78 is 0. The van der Waals surface area contributed by atoms with E-state index in [1.165, 1.54) is 5.30 Å². The molecule has 0 amide bonds. The minimum atomic E-state index is -1.35. The van der Waals surface area contributed by atoms with Crippen LogP contribution in [0.4, 0.5) is 0 Å². The number of benzene rings is 1. The first-order valence-electron chi connectivity index (χ1n) is 3.74. The van der Waals surface area contributed by atoms with Crippen LogP contribution >= 0.6 is 20.3 Å². The fourth-order valence-electron chi connectivity index (χ4n) is 0.945. The van der Waals surface area contributed by atoms with Gasteiger partial charge in [0.25, 0.3) is 0 Å². The molecule has 1 rings (SSSR count). The molecule has 0 fully saturated rings. The highest BCUT2D eigenvalue weighted by Crippen LogP contribution is 2.21. The van der Waals surface area contributed by atoms with Gasteiger partial charge < -0.3 is 10.0 Å². The Morgan fingerprint density at radius 3 is 1.85 bits per heavy atom. The van der Waals surface area contributed by atoms with Gasteiger partial charge in [-0.1, -0.05) is 32.2 Å². The highest BCUT2D eigenvalue weighted by molar-refractivity contribution is 7.64. The van der Waals surface area contributed by atoms with Crippen molar-refractivity contribution in [2.45, 2.75) is 0 Å². The van der Waals surface area contributed by atoms with E-state index in [1.54, 1.807) is 12.1 Å². The summed E-state index contributed by atoms with van der Waals surface area (Å²) in [5, 5.41) is 18.9. The molecule has 13 heavy (non-hydrogen) atoms. The second-order valence-corrected chi connectivity index (χ2v) is 5.16. The van der Waals surface area contributed by atoms with E-state index in [4.69, 9.17) is 10.0 Å². The minimum absolute atomic E-state index is 0. The van der Waals surface area contributed by atoms with Gasteiger partial charge in [-0.3, -0.25) is 0 Å². The Morgan fingerprint density at radius 2 is 1.54 bits per heavy atom. The van der Waals surface area contributed by atoms with Crippen molar-refractivity contribution in [2.75, 3.05) is 13.3 Å². The Labute approximate surface area is 86.3 Å². The molecule has 0 atom stereocenters. The summed E-state index contributed by atoms with van der Waals surface area (Å²) in [5.74, 6) is 0. The zero-order chi connectivity index (χ0) is 9.14. The molecular formula is C8H13BClO2P. The maximum Gasteiger partial charge on any atom is 0.488 e. The van der Waals surface area contributed by atoms with Crippen molar-refractivity contribution in [1.82, 2.24) is 0 Å². The topological polar surface area (TPSA) is 40.5 Å². The van der Waals surface area contributed by atoms with Crippen molar-refractivity contribution in [1.29, 1.82) is 0 Å². The number of hydrogen-bond donors (Lipinski definition) is 2. The molecule has 72 valence electrons. The summed E-state index contributed by atoms with van der Waals surface area (Å²) in [7, 11) is -1.44. The highest BCUT2D eigenvalue weighted by Gasteiger charge is 2.09. The molecule has 1 aromatic rings. The molecule has 0 saturated heterocycles. The first kappa shape index (κ1) is 12.9. The average Bonchev–Trinajstić information content (AvgIpc) is 2.04. The van der Waals surface area contributed by atoms with Crippen molar-refractivity contribution in [2.24, 2.45) is 0 Å². The Kier molecular flexibility index (Phi) is 5.58. The number of halogens is 1. The SMILES string of the molecule is CP(C)c1ccc(B(O)O)cc1.Cl. The monoisotopic (exact) mass is 218 g/mol. The summed E-state index contributed by atoms with van der Waals surface area (Å²) in [6, 6.07) is 7.39. The average molecular weight is 218 g/mol. The molecular weight excluding hydrogens is 205 g/mol. The normalized spacial score (nSPS) is 9.62. The van der Waals surface area contributed by atoms with Gasteiger partial charge in [-0.15, -0.1) is 12.4 Å². The lowest BCUT2D eigenvalue weighted by molar-refractivity contribution is 0.426. The molecule has 0 aliphatic heterocycles. The van der Waals surface area contributed by atoms with Crippen LogP contribution in [0.15, 0.2) is 24.3 Å². The van der Waals surface area contributed by atoms with Gasteiger partial charge in [0.15, 0.2) is 0 Å². The smallest absolute Gasteiger partial charge is 0.423 e. The molecule has 0 unspecified atom stereocenters. The van der Waals surface area contributed by atoms with Gasteiger partial charge in [0.2, 0.25) is 0 Å². The Hall–Kier alpha value is -0.0751. The zero-order valence-electron chi connectivity index (χ0n) is 7.64. The predicted octanol–water partition coefficient (Wildman–Crippen LogP) is 0.155. The summed E-state index contributed by atoms with van der Waals surface area (Å²) in [5.41, 5.74) is 0.551. The van der Waals surface area contributed by atoms with E-state index in [0.717, 1.165) is 0 Å².